The minimum Gasteiger partial charge on any atom is -0.861 e. The van der Waals surface area contributed by atoms with E-state index in [1.807, 2.05) is 27.0 Å². The van der Waals surface area contributed by atoms with E-state index in [1.54, 1.807) is 14.1 Å². The summed E-state index contributed by atoms with van der Waals surface area (Å²) in [7, 11) is 5.25. The summed E-state index contributed by atoms with van der Waals surface area (Å²) in [5.41, 5.74) is 0. The Morgan fingerprint density at radius 1 is 1.15 bits per heavy atom. The molecule has 0 rings (SSSR count). The van der Waals surface area contributed by atoms with Crippen LogP contribution in [0.4, 0.5) is 0 Å². The topological polar surface area (TPSA) is 38.3 Å². The van der Waals surface area contributed by atoms with Crippen molar-refractivity contribution in [1.29, 1.82) is 0 Å². The van der Waals surface area contributed by atoms with Crippen LogP contribution in [0.3, 0.4) is 0 Å². The van der Waals surface area contributed by atoms with Gasteiger partial charge in [0.15, 0.2) is 0 Å². The molecular weight excluding hydrogens is 369 g/mol. The van der Waals surface area contributed by atoms with Crippen LogP contribution in [0.5, 0.6) is 0 Å². The molecular formula is C16H39CsN2O. The van der Waals surface area contributed by atoms with E-state index in [0.29, 0.717) is 0 Å². The number of hydrogen-bond donors (Lipinski definition) is 1. The average Bonchev–Trinajstić information content (AvgIpc) is 2.42. The summed E-state index contributed by atoms with van der Waals surface area (Å²) in [5.74, 6) is -0.157. The molecule has 0 fully saturated rings. The first kappa shape index (κ1) is 37.4. The fraction of sp³-hybridized carbons (Fsp3) is 0.750. The first-order valence-corrected chi connectivity index (χ1v) is 7.17. The molecule has 0 aromatic rings. The molecule has 120 valence electrons. The van der Waals surface area contributed by atoms with E-state index in [-0.39, 0.29) is 74.8 Å². The third kappa shape index (κ3) is 124. The molecule has 0 aliphatic rings. The fourth-order valence-electron chi connectivity index (χ4n) is 0. The van der Waals surface area contributed by atoms with Crippen molar-refractivity contribution in [1.82, 2.24) is 10.2 Å². The molecule has 0 aliphatic heterocycles. The Kier molecular flexibility index (Phi) is 93.6. The molecule has 4 heteroatoms. The van der Waals surface area contributed by atoms with E-state index in [2.05, 4.69) is 46.2 Å². The van der Waals surface area contributed by atoms with Gasteiger partial charge in [0.2, 0.25) is 0 Å². The maximum atomic E-state index is 9.96. The molecule has 3 nitrogen and oxygen atoms in total. The molecule has 0 amide bonds. The second-order valence-electron chi connectivity index (χ2n) is 3.40. The summed E-state index contributed by atoms with van der Waals surface area (Å²) in [4.78, 5) is 1.42. The molecule has 0 heterocycles. The minimum absolute atomic E-state index is 0. The van der Waals surface area contributed by atoms with Crippen molar-refractivity contribution in [2.45, 2.75) is 54.4 Å². The quantitative estimate of drug-likeness (QED) is 0.550. The Bertz CT molecular complexity index is 138. The molecule has 0 saturated carbocycles. The molecule has 0 bridgehead atoms. The van der Waals surface area contributed by atoms with Gasteiger partial charge in [0, 0.05) is 14.1 Å². The molecule has 0 atom stereocenters. The van der Waals surface area contributed by atoms with Gasteiger partial charge in [-0.2, -0.15) is 0 Å². The van der Waals surface area contributed by atoms with Crippen molar-refractivity contribution in [3.8, 4) is 0 Å². The Labute approximate surface area is 188 Å². The van der Waals surface area contributed by atoms with Gasteiger partial charge in [-0.05, 0) is 20.0 Å². The maximum absolute atomic E-state index is 9.96. The summed E-state index contributed by atoms with van der Waals surface area (Å²) in [6, 6.07) is 0. The molecule has 0 aromatic heterocycles. The first-order chi connectivity index (χ1) is 8.89. The number of hydrogen-bond acceptors (Lipinski definition) is 3. The molecule has 0 spiro atoms. The van der Waals surface area contributed by atoms with Crippen LogP contribution in [0.2, 0.25) is 0 Å². The molecule has 0 aromatic carbocycles. The second-order valence-corrected chi connectivity index (χ2v) is 3.40. The molecule has 0 radical (unpaired) electrons. The average molecular weight is 408 g/mol. The summed E-state index contributed by atoms with van der Waals surface area (Å²) >= 11 is 0. The smallest absolute Gasteiger partial charge is 0.861 e. The van der Waals surface area contributed by atoms with Crippen LogP contribution in [0.1, 0.15) is 54.4 Å². The van der Waals surface area contributed by atoms with Crippen LogP contribution in [0.25, 0.3) is 0 Å². The molecule has 0 unspecified atom stereocenters. The van der Waals surface area contributed by atoms with Crippen LogP contribution in [0.15, 0.2) is 25.1 Å². The van der Waals surface area contributed by atoms with E-state index < -0.39 is 0 Å². The van der Waals surface area contributed by atoms with Crippen molar-refractivity contribution in [2.24, 2.45) is 0 Å². The van der Waals surface area contributed by atoms with Crippen LogP contribution in [-0.2, 0) is 0 Å². The Hall–Kier alpha value is 1.09. The first-order valence-electron chi connectivity index (χ1n) is 7.17. The van der Waals surface area contributed by atoms with Gasteiger partial charge in [-0.15, -0.1) is 6.58 Å². The van der Waals surface area contributed by atoms with Gasteiger partial charge in [-0.3, -0.25) is 0 Å². The molecule has 20 heavy (non-hydrogen) atoms. The molecule has 0 aliphatic carbocycles. The van der Waals surface area contributed by atoms with Crippen molar-refractivity contribution in [3.63, 3.8) is 0 Å². The van der Waals surface area contributed by atoms with E-state index in [1.165, 1.54) is 11.3 Å². The Morgan fingerprint density at radius 2 is 1.30 bits per heavy atom. The Balaban J connectivity index is -0.0000000317. The predicted octanol–water partition coefficient (Wildman–Crippen LogP) is 0.634. The van der Waals surface area contributed by atoms with E-state index in [4.69, 9.17) is 0 Å². The van der Waals surface area contributed by atoms with Crippen LogP contribution >= 0.6 is 0 Å². The third-order valence-electron chi connectivity index (χ3n) is 1.14. The Morgan fingerprint density at radius 3 is 1.30 bits per heavy atom. The number of nitrogens with zero attached hydrogens (tertiary/aromatic N) is 1. The third-order valence-corrected chi connectivity index (χ3v) is 1.14. The van der Waals surface area contributed by atoms with Gasteiger partial charge in [0.05, 0.1) is 0 Å². The van der Waals surface area contributed by atoms with Crippen LogP contribution in [0, 0.1) is 0 Å². The zero-order valence-corrected chi connectivity index (χ0v) is 22.2. The van der Waals surface area contributed by atoms with Gasteiger partial charge in [0.1, 0.15) is 0 Å². The number of rotatable bonds is 3. The number of allylic oxidation sites excluding steroid dienone is 1. The second kappa shape index (κ2) is 50.1. The van der Waals surface area contributed by atoms with E-state index >= 15 is 0 Å². The SMILES string of the molecule is C=C([O-])N(C)C.C=CCC.CC.CCC.CCNC.[Cs+]. The monoisotopic (exact) mass is 408 g/mol. The number of nitrogens with one attached hydrogen (secondary N) is 1. The van der Waals surface area contributed by atoms with E-state index in [0.717, 1.165) is 13.0 Å². The van der Waals surface area contributed by atoms with Gasteiger partial charge in [0.25, 0.3) is 0 Å². The largest absolute Gasteiger partial charge is 1.00 e. The molecule has 0 saturated heterocycles. The standard InChI is InChI=1S/C4H9NO.C4H8.C3H9N.C3H8.C2H6.Cs/c1-4(6)5(2)3;2*1-3-4-2;1-3-2;1-2;/h6H,1H2,2-3H3;3H,1,4H2,2H3;4H,3H2,1-2H3;3H2,1-2H3;1-2H3;/q;;;;;+1/p-1. The summed E-state index contributed by atoms with van der Waals surface area (Å²) in [5, 5.41) is 12.9. The zero-order valence-electron chi connectivity index (χ0n) is 16.0. The van der Waals surface area contributed by atoms with Crippen molar-refractivity contribution in [3.05, 3.63) is 25.1 Å². The van der Waals surface area contributed by atoms with Crippen LogP contribution in [-0.4, -0.2) is 32.6 Å². The predicted molar refractivity (Wildman–Crippen MR) is 90.2 cm³/mol. The van der Waals surface area contributed by atoms with Gasteiger partial charge in [-0.1, -0.05) is 66.5 Å². The van der Waals surface area contributed by atoms with Crippen LogP contribution < -0.4 is 79.3 Å². The maximum Gasteiger partial charge on any atom is 1.00 e. The zero-order chi connectivity index (χ0) is 16.7. The fourth-order valence-corrected chi connectivity index (χ4v) is 0. The van der Waals surface area contributed by atoms with Gasteiger partial charge >= 0.3 is 68.9 Å². The van der Waals surface area contributed by atoms with Gasteiger partial charge in [-0.25, -0.2) is 0 Å². The summed E-state index contributed by atoms with van der Waals surface area (Å²) < 4.78 is 0. The van der Waals surface area contributed by atoms with Crippen molar-refractivity contribution < 1.29 is 74.0 Å². The molecule has 1 N–H and O–H groups in total. The minimum atomic E-state index is -0.157. The van der Waals surface area contributed by atoms with Crippen molar-refractivity contribution >= 4 is 0 Å². The van der Waals surface area contributed by atoms with Gasteiger partial charge < -0.3 is 15.3 Å². The summed E-state index contributed by atoms with van der Waals surface area (Å²) in [6.07, 6.45) is 4.21. The van der Waals surface area contributed by atoms with E-state index in [9.17, 15) is 5.11 Å². The normalized spacial score (nSPS) is 6.25. The van der Waals surface area contributed by atoms with Crippen molar-refractivity contribution in [2.75, 3.05) is 27.7 Å². The summed E-state index contributed by atoms with van der Waals surface area (Å²) in [6.45, 7) is 20.1.